The molecule has 0 aliphatic heterocycles. The summed E-state index contributed by atoms with van der Waals surface area (Å²) in [5.74, 6) is -0.691. The molecule has 0 fully saturated rings. The van der Waals surface area contributed by atoms with Crippen LogP contribution in [-0.4, -0.2) is 16.4 Å². The minimum absolute atomic E-state index is 0.129. The lowest BCUT2D eigenvalue weighted by atomic mass is 10.1. The summed E-state index contributed by atoms with van der Waals surface area (Å²) in [5, 5.41) is 3.40. The Labute approximate surface area is 162 Å². The van der Waals surface area contributed by atoms with E-state index in [9.17, 15) is 9.59 Å². The summed E-state index contributed by atoms with van der Waals surface area (Å²) >= 11 is 1.38. The molecule has 27 heavy (non-hydrogen) atoms. The summed E-state index contributed by atoms with van der Waals surface area (Å²) in [6.45, 7) is 3.63. The van der Waals surface area contributed by atoms with E-state index in [0.29, 0.717) is 16.1 Å². The number of aromatic nitrogens is 1. The van der Waals surface area contributed by atoms with Gasteiger partial charge in [-0.05, 0) is 23.8 Å². The number of amides is 2. The third-order valence-electron chi connectivity index (χ3n) is 4.03. The minimum Gasteiger partial charge on any atom is -0.336 e. The number of anilines is 1. The predicted molar refractivity (Wildman–Crippen MR) is 109 cm³/mol. The lowest BCUT2D eigenvalue weighted by molar-refractivity contribution is -0.118. The molecule has 2 amide bonds. The molecule has 0 radical (unpaired) electrons. The van der Waals surface area contributed by atoms with Crippen molar-refractivity contribution in [2.75, 3.05) is 5.32 Å². The number of nitrogens with one attached hydrogen (secondary N) is 1. The van der Waals surface area contributed by atoms with E-state index in [1.165, 1.54) is 11.3 Å². The van der Waals surface area contributed by atoms with E-state index in [2.05, 4.69) is 10.3 Å². The number of nitrogens with zero attached hydrogens (tertiary/aromatic N) is 2. The second kappa shape index (κ2) is 8.14. The van der Waals surface area contributed by atoms with Gasteiger partial charge in [0.25, 0.3) is 5.91 Å². The molecule has 0 spiro atoms. The van der Waals surface area contributed by atoms with Crippen LogP contribution in [0.1, 0.15) is 24.2 Å². The number of pyridine rings is 1. The van der Waals surface area contributed by atoms with Crippen LogP contribution in [0.4, 0.5) is 5.00 Å². The molecule has 0 saturated carbocycles. The largest absolute Gasteiger partial charge is 0.336 e. The van der Waals surface area contributed by atoms with Crippen molar-refractivity contribution in [3.05, 3.63) is 71.8 Å². The van der Waals surface area contributed by atoms with Gasteiger partial charge in [0.1, 0.15) is 10.5 Å². The van der Waals surface area contributed by atoms with Gasteiger partial charge in [0.15, 0.2) is 0 Å². The number of hydrogen-bond donors (Lipinski definition) is 1. The van der Waals surface area contributed by atoms with Crippen molar-refractivity contribution >= 4 is 28.2 Å². The molecule has 0 aliphatic carbocycles. The minimum atomic E-state index is -0.380. The Morgan fingerprint density at radius 3 is 2.44 bits per heavy atom. The van der Waals surface area contributed by atoms with Crippen molar-refractivity contribution in [3.8, 4) is 10.4 Å². The van der Waals surface area contributed by atoms with Gasteiger partial charge < -0.3 is 9.88 Å². The average molecular weight is 379 g/mol. The van der Waals surface area contributed by atoms with Crippen LogP contribution in [0.15, 0.2) is 65.8 Å². The molecule has 0 aliphatic rings. The third-order valence-corrected chi connectivity index (χ3v) is 5.13. The zero-order valence-corrected chi connectivity index (χ0v) is 16.3. The number of thiophene rings is 1. The summed E-state index contributed by atoms with van der Waals surface area (Å²) in [6, 6.07) is 17.0. The van der Waals surface area contributed by atoms with Crippen LogP contribution in [-0.2, 0) is 11.8 Å². The van der Waals surface area contributed by atoms with Gasteiger partial charge in [-0.3, -0.25) is 9.59 Å². The molecule has 5 nitrogen and oxygen atoms in total. The van der Waals surface area contributed by atoms with Crippen molar-refractivity contribution in [3.63, 3.8) is 0 Å². The molecule has 2 aromatic heterocycles. The van der Waals surface area contributed by atoms with Gasteiger partial charge in [0.05, 0.1) is 5.56 Å². The highest BCUT2D eigenvalue weighted by Crippen LogP contribution is 2.36. The molecule has 0 atom stereocenters. The standard InChI is InChI=1S/C21H21N3O2S/c1-14(2)19(25)23-21-16(13-17(27-21)15-9-5-4-6-10-15)20(26)22-18-11-7-8-12-24(18)3/h4-14H,1-3H3,(H,23,25). The summed E-state index contributed by atoms with van der Waals surface area (Å²) in [4.78, 5) is 30.2. The van der Waals surface area contributed by atoms with Gasteiger partial charge in [-0.25, -0.2) is 0 Å². The van der Waals surface area contributed by atoms with Gasteiger partial charge in [-0.2, -0.15) is 4.99 Å². The van der Waals surface area contributed by atoms with E-state index >= 15 is 0 Å². The normalized spacial score (nSPS) is 11.6. The van der Waals surface area contributed by atoms with E-state index in [1.807, 2.05) is 69.6 Å². The van der Waals surface area contributed by atoms with Crippen LogP contribution < -0.4 is 10.8 Å². The quantitative estimate of drug-likeness (QED) is 0.742. The SMILES string of the molecule is CC(C)C(=O)Nc1sc(-c2ccccc2)cc1C(=O)N=c1ccccn1C. The molecule has 0 unspecified atom stereocenters. The first kappa shape index (κ1) is 18.8. The third kappa shape index (κ3) is 4.41. The van der Waals surface area contributed by atoms with Crippen LogP contribution in [0.25, 0.3) is 10.4 Å². The summed E-state index contributed by atoms with van der Waals surface area (Å²) in [6.07, 6.45) is 1.83. The Balaban J connectivity index is 2.05. The number of benzene rings is 1. The fourth-order valence-corrected chi connectivity index (χ4v) is 3.50. The average Bonchev–Trinajstić information content (AvgIpc) is 3.08. The number of carbonyl (C=O) groups is 2. The Hall–Kier alpha value is -2.99. The fourth-order valence-electron chi connectivity index (χ4n) is 2.44. The van der Waals surface area contributed by atoms with Crippen LogP contribution in [0.3, 0.4) is 0 Å². The first-order valence-electron chi connectivity index (χ1n) is 8.66. The fraction of sp³-hybridized carbons (Fsp3) is 0.190. The second-order valence-corrected chi connectivity index (χ2v) is 7.50. The molecular weight excluding hydrogens is 358 g/mol. The second-order valence-electron chi connectivity index (χ2n) is 6.45. The lowest BCUT2D eigenvalue weighted by Crippen LogP contribution is -2.20. The van der Waals surface area contributed by atoms with Crippen molar-refractivity contribution in [1.82, 2.24) is 4.57 Å². The maximum absolute atomic E-state index is 12.9. The number of aryl methyl sites for hydroxylation is 1. The monoisotopic (exact) mass is 379 g/mol. The molecule has 2 heterocycles. The molecule has 138 valence electrons. The van der Waals surface area contributed by atoms with Crippen molar-refractivity contribution in [2.45, 2.75) is 13.8 Å². The molecule has 6 heteroatoms. The predicted octanol–water partition coefficient (Wildman–Crippen LogP) is 4.09. The first-order chi connectivity index (χ1) is 13.0. The smallest absolute Gasteiger partial charge is 0.281 e. The summed E-state index contributed by atoms with van der Waals surface area (Å²) in [5.41, 5.74) is 1.94. The van der Waals surface area contributed by atoms with Gasteiger partial charge in [0.2, 0.25) is 5.91 Å². The van der Waals surface area contributed by atoms with Crippen molar-refractivity contribution in [1.29, 1.82) is 0 Å². The molecule has 3 aromatic rings. The zero-order chi connectivity index (χ0) is 19.4. The topological polar surface area (TPSA) is 63.5 Å². The number of rotatable bonds is 4. The molecular formula is C21H21N3O2S. The Morgan fingerprint density at radius 2 is 1.78 bits per heavy atom. The van der Waals surface area contributed by atoms with Gasteiger partial charge >= 0.3 is 0 Å². The molecule has 1 N–H and O–H groups in total. The van der Waals surface area contributed by atoms with Crippen molar-refractivity contribution < 1.29 is 9.59 Å². The Kier molecular flexibility index (Phi) is 5.66. The van der Waals surface area contributed by atoms with Crippen molar-refractivity contribution in [2.24, 2.45) is 18.0 Å². The summed E-state index contributed by atoms with van der Waals surface area (Å²) in [7, 11) is 1.83. The summed E-state index contributed by atoms with van der Waals surface area (Å²) < 4.78 is 1.77. The Morgan fingerprint density at radius 1 is 1.07 bits per heavy atom. The number of hydrogen-bond acceptors (Lipinski definition) is 3. The van der Waals surface area contributed by atoms with Crippen LogP contribution in [0.2, 0.25) is 0 Å². The molecule has 3 rings (SSSR count). The maximum Gasteiger partial charge on any atom is 0.281 e. The molecule has 0 bridgehead atoms. The first-order valence-corrected chi connectivity index (χ1v) is 9.48. The van der Waals surface area contributed by atoms with Gasteiger partial charge in [0, 0.05) is 24.0 Å². The van der Waals surface area contributed by atoms with E-state index in [-0.39, 0.29) is 17.7 Å². The van der Waals surface area contributed by atoms with Crippen LogP contribution >= 0.6 is 11.3 Å². The Bertz CT molecular complexity index is 1030. The number of carbonyl (C=O) groups excluding carboxylic acids is 2. The highest BCUT2D eigenvalue weighted by molar-refractivity contribution is 7.20. The molecule has 0 saturated heterocycles. The highest BCUT2D eigenvalue weighted by Gasteiger charge is 2.19. The van der Waals surface area contributed by atoms with E-state index in [0.717, 1.165) is 10.4 Å². The molecule has 1 aromatic carbocycles. The van der Waals surface area contributed by atoms with E-state index in [4.69, 9.17) is 0 Å². The zero-order valence-electron chi connectivity index (χ0n) is 15.5. The van der Waals surface area contributed by atoms with Gasteiger partial charge in [-0.1, -0.05) is 50.2 Å². The maximum atomic E-state index is 12.9. The van der Waals surface area contributed by atoms with Crippen LogP contribution in [0, 0.1) is 5.92 Å². The van der Waals surface area contributed by atoms with E-state index < -0.39 is 0 Å². The lowest BCUT2D eigenvalue weighted by Gasteiger charge is -2.06. The highest BCUT2D eigenvalue weighted by atomic mass is 32.1. The van der Waals surface area contributed by atoms with E-state index in [1.54, 1.807) is 16.7 Å². The van der Waals surface area contributed by atoms with Gasteiger partial charge in [-0.15, -0.1) is 11.3 Å². The van der Waals surface area contributed by atoms with Crippen LogP contribution in [0.5, 0.6) is 0 Å².